The number of hydrogen-bond donors (Lipinski definition) is 1. The van der Waals surface area contributed by atoms with E-state index in [4.69, 9.17) is 28.4 Å². The van der Waals surface area contributed by atoms with Crippen LogP contribution in [0.3, 0.4) is 0 Å². The lowest BCUT2D eigenvalue weighted by atomic mass is 10.1. The molecule has 0 amide bonds. The number of unbranched alkanes of at least 4 members (excludes halogenated alkanes) is 1. The average molecular weight is 774 g/mol. The minimum absolute atomic E-state index is 0.0121. The maximum absolute atomic E-state index is 13.3. The first-order valence-corrected chi connectivity index (χ1v) is 18.2. The number of carbonyl (C=O) groups is 3. The van der Waals surface area contributed by atoms with Crippen LogP contribution in [0.4, 0.5) is 5.13 Å². The molecule has 0 aliphatic rings. The molecule has 0 bridgehead atoms. The van der Waals surface area contributed by atoms with Gasteiger partial charge in [0.25, 0.3) is 0 Å². The summed E-state index contributed by atoms with van der Waals surface area (Å²) in [5.41, 5.74) is 6.09. The topological polar surface area (TPSA) is 144 Å². The van der Waals surface area contributed by atoms with Crippen LogP contribution in [0.25, 0.3) is 10.2 Å². The second-order valence-electron chi connectivity index (χ2n) is 11.7. The van der Waals surface area contributed by atoms with Gasteiger partial charge in [0.05, 0.1) is 42.3 Å². The molecule has 1 heterocycles. The highest BCUT2D eigenvalue weighted by atomic mass is 32.1. The monoisotopic (exact) mass is 773 g/mol. The van der Waals surface area contributed by atoms with Crippen LogP contribution in [-0.4, -0.2) is 68.7 Å². The van der Waals surface area contributed by atoms with Crippen molar-refractivity contribution in [2.45, 2.75) is 18.9 Å². The van der Waals surface area contributed by atoms with Crippen molar-refractivity contribution in [3.05, 3.63) is 139 Å². The normalized spacial score (nSPS) is 11.2. The van der Waals surface area contributed by atoms with Gasteiger partial charge >= 0.3 is 17.9 Å². The number of hydrogen-bond acceptors (Lipinski definition) is 13. The van der Waals surface area contributed by atoms with E-state index in [1.165, 1.54) is 11.3 Å². The summed E-state index contributed by atoms with van der Waals surface area (Å²) in [6, 6.07) is 26.7. The highest BCUT2D eigenvalue weighted by molar-refractivity contribution is 7.22. The molecule has 5 aromatic rings. The maximum Gasteiger partial charge on any atom is 0.343 e. The van der Waals surface area contributed by atoms with Crippen LogP contribution in [0.2, 0.25) is 0 Å². The number of hydrazone groups is 1. The third kappa shape index (κ3) is 12.7. The number of benzene rings is 4. The molecule has 286 valence electrons. The lowest BCUT2D eigenvalue weighted by Crippen LogP contribution is -2.29. The van der Waals surface area contributed by atoms with E-state index in [0.717, 1.165) is 33.7 Å². The van der Waals surface area contributed by atoms with E-state index in [-0.39, 0.29) is 31.1 Å². The lowest BCUT2D eigenvalue weighted by molar-refractivity contribution is -0.148. The first kappa shape index (κ1) is 40.4. The standard InChI is InChI=1S/C43H39N3O9S/c1-4-40(47)52-25-9-8-24-51-28-36(54-41(48)5-2)29-53-35-21-17-32(18-22-35)42(49)55-38-23-16-31(13-12-30-14-19-34(50-3)20-15-30)26-33(38)27-44-46-43-45-37-10-6-7-11-39(37)56-43/h4-7,10-11,14-23,26-27,36H,1-2,8-9,24-25,28-29H2,3H3,(H,45,46)/b44-27+. The van der Waals surface area contributed by atoms with Gasteiger partial charge in [0, 0.05) is 35.4 Å². The molecular weight excluding hydrogens is 735 g/mol. The fraction of sp³-hybridized carbons (Fsp3) is 0.186. The highest BCUT2D eigenvalue weighted by Crippen LogP contribution is 2.26. The number of aromatic nitrogens is 1. The van der Waals surface area contributed by atoms with Crippen molar-refractivity contribution in [2.75, 3.05) is 39.0 Å². The number of esters is 3. The number of rotatable bonds is 19. The zero-order valence-corrected chi connectivity index (χ0v) is 31.4. The highest BCUT2D eigenvalue weighted by Gasteiger charge is 2.16. The Morgan fingerprint density at radius 2 is 1.57 bits per heavy atom. The van der Waals surface area contributed by atoms with Crippen LogP contribution in [0.5, 0.6) is 17.2 Å². The van der Waals surface area contributed by atoms with E-state index < -0.39 is 24.0 Å². The zero-order chi connectivity index (χ0) is 39.5. The summed E-state index contributed by atoms with van der Waals surface area (Å²) in [6.07, 6.45) is 4.21. The Morgan fingerprint density at radius 1 is 0.857 bits per heavy atom. The van der Waals surface area contributed by atoms with E-state index in [2.05, 4.69) is 40.5 Å². The van der Waals surface area contributed by atoms with Crippen molar-refractivity contribution in [1.82, 2.24) is 4.98 Å². The van der Waals surface area contributed by atoms with Crippen molar-refractivity contribution >= 4 is 50.8 Å². The average Bonchev–Trinajstić information content (AvgIpc) is 3.65. The van der Waals surface area contributed by atoms with E-state index in [1.54, 1.807) is 55.8 Å². The fourth-order valence-corrected chi connectivity index (χ4v) is 5.65. The number of ether oxygens (including phenoxy) is 6. The fourth-order valence-electron chi connectivity index (χ4n) is 4.83. The minimum atomic E-state index is -0.725. The maximum atomic E-state index is 13.3. The molecule has 4 aromatic carbocycles. The van der Waals surface area contributed by atoms with Gasteiger partial charge in [0.15, 0.2) is 6.10 Å². The van der Waals surface area contributed by atoms with Crippen LogP contribution in [-0.2, 0) is 23.8 Å². The van der Waals surface area contributed by atoms with Crippen LogP contribution in [0.15, 0.2) is 121 Å². The summed E-state index contributed by atoms with van der Waals surface area (Å²) in [5, 5.41) is 4.99. The third-order valence-corrected chi connectivity index (χ3v) is 8.63. The Kier molecular flexibility index (Phi) is 15.3. The summed E-state index contributed by atoms with van der Waals surface area (Å²) in [6.45, 7) is 7.46. The van der Waals surface area contributed by atoms with Gasteiger partial charge in [-0.05, 0) is 91.7 Å². The van der Waals surface area contributed by atoms with Gasteiger partial charge in [0.2, 0.25) is 5.13 Å². The van der Waals surface area contributed by atoms with Gasteiger partial charge < -0.3 is 28.4 Å². The van der Waals surface area contributed by atoms with E-state index in [9.17, 15) is 14.4 Å². The predicted octanol–water partition coefficient (Wildman–Crippen LogP) is 7.37. The smallest absolute Gasteiger partial charge is 0.343 e. The number of nitrogens with zero attached hydrogens (tertiary/aromatic N) is 2. The Hall–Kier alpha value is -6.75. The lowest BCUT2D eigenvalue weighted by Gasteiger charge is -2.18. The molecule has 56 heavy (non-hydrogen) atoms. The van der Waals surface area contributed by atoms with E-state index >= 15 is 0 Å². The molecule has 0 aliphatic heterocycles. The summed E-state index contributed by atoms with van der Waals surface area (Å²) in [5.74, 6) is 6.01. The first-order valence-electron chi connectivity index (χ1n) is 17.4. The van der Waals surface area contributed by atoms with Gasteiger partial charge in [0.1, 0.15) is 23.9 Å². The molecule has 1 N–H and O–H groups in total. The van der Waals surface area contributed by atoms with Crippen molar-refractivity contribution in [3.63, 3.8) is 0 Å². The number of carbonyl (C=O) groups excluding carboxylic acids is 3. The SMILES string of the molecule is C=CC(=O)OCCCCOCC(COc1ccc(C(=O)Oc2ccc(C#Cc3ccc(OC)cc3)cc2/C=N/Nc2nc3ccccc3s2)cc1)OC(=O)C=C. The molecule has 1 aromatic heterocycles. The number of thiazole rings is 1. The van der Waals surface area contributed by atoms with E-state index in [0.29, 0.717) is 41.5 Å². The minimum Gasteiger partial charge on any atom is -0.497 e. The summed E-state index contributed by atoms with van der Waals surface area (Å²) in [4.78, 5) is 40.9. The van der Waals surface area contributed by atoms with Crippen molar-refractivity contribution in [2.24, 2.45) is 5.10 Å². The molecule has 0 radical (unpaired) electrons. The van der Waals surface area contributed by atoms with Crippen LogP contribution >= 0.6 is 11.3 Å². The van der Waals surface area contributed by atoms with Gasteiger partial charge in [-0.25, -0.2) is 19.4 Å². The first-order chi connectivity index (χ1) is 27.3. The molecule has 0 saturated carbocycles. The number of fused-ring (bicyclic) bond motifs is 1. The number of methoxy groups -OCH3 is 1. The second-order valence-corrected chi connectivity index (χ2v) is 12.8. The summed E-state index contributed by atoms with van der Waals surface area (Å²) >= 11 is 1.46. The van der Waals surface area contributed by atoms with Gasteiger partial charge in [-0.3, -0.25) is 5.43 Å². The van der Waals surface area contributed by atoms with Crippen molar-refractivity contribution in [1.29, 1.82) is 0 Å². The summed E-state index contributed by atoms with van der Waals surface area (Å²) < 4.78 is 33.9. The number of anilines is 1. The van der Waals surface area contributed by atoms with Crippen LogP contribution < -0.4 is 19.6 Å². The molecule has 1 unspecified atom stereocenters. The molecule has 12 nitrogen and oxygen atoms in total. The number of nitrogens with one attached hydrogen (secondary N) is 1. The Labute approximate surface area is 328 Å². The van der Waals surface area contributed by atoms with Gasteiger partial charge in [-0.1, -0.05) is 48.5 Å². The Morgan fingerprint density at radius 3 is 2.32 bits per heavy atom. The van der Waals surface area contributed by atoms with Gasteiger partial charge in [-0.2, -0.15) is 5.10 Å². The Bertz CT molecular complexity index is 2190. The summed E-state index contributed by atoms with van der Waals surface area (Å²) in [7, 11) is 1.61. The molecule has 0 saturated heterocycles. The zero-order valence-electron chi connectivity index (χ0n) is 30.6. The van der Waals surface area contributed by atoms with Gasteiger partial charge in [-0.15, -0.1) is 0 Å². The van der Waals surface area contributed by atoms with Crippen molar-refractivity contribution in [3.8, 4) is 29.1 Å². The third-order valence-electron chi connectivity index (χ3n) is 7.68. The largest absolute Gasteiger partial charge is 0.497 e. The molecular formula is C43H39N3O9S. The second kappa shape index (κ2) is 21.2. The quantitative estimate of drug-likeness (QED) is 0.0171. The molecule has 1 atom stereocenters. The Balaban J connectivity index is 1.22. The van der Waals surface area contributed by atoms with E-state index in [1.807, 2.05) is 48.5 Å². The number of para-hydroxylation sites is 1. The van der Waals surface area contributed by atoms with Crippen LogP contribution in [0, 0.1) is 11.8 Å². The molecule has 0 fully saturated rings. The molecule has 13 heteroatoms. The van der Waals surface area contributed by atoms with Crippen molar-refractivity contribution < 1.29 is 42.8 Å². The molecule has 0 spiro atoms. The molecule has 0 aliphatic carbocycles. The molecule has 5 rings (SSSR count). The predicted molar refractivity (Wildman–Crippen MR) is 214 cm³/mol. The van der Waals surface area contributed by atoms with Crippen LogP contribution in [0.1, 0.15) is 39.9 Å².